The maximum atomic E-state index is 12.2. The third-order valence-electron chi connectivity index (χ3n) is 4.00. The first-order valence-electron chi connectivity index (χ1n) is 7.81. The molecule has 3 nitrogen and oxygen atoms in total. The van der Waals surface area contributed by atoms with E-state index in [-0.39, 0.29) is 12.0 Å². The molecule has 1 aliphatic rings. The van der Waals surface area contributed by atoms with E-state index in [1.165, 1.54) is 25.7 Å². The van der Waals surface area contributed by atoms with Gasteiger partial charge in [0.05, 0.1) is 6.61 Å². The highest BCUT2D eigenvalue weighted by molar-refractivity contribution is 5.80. The fourth-order valence-corrected chi connectivity index (χ4v) is 2.33. The van der Waals surface area contributed by atoms with Gasteiger partial charge >= 0.3 is 5.97 Å². The summed E-state index contributed by atoms with van der Waals surface area (Å²) in [5, 5.41) is 0. The largest absolute Gasteiger partial charge is 0.465 e. The second-order valence-corrected chi connectivity index (χ2v) is 5.96. The van der Waals surface area contributed by atoms with Crippen LogP contribution in [0.25, 0.3) is 0 Å². The number of nitrogens with two attached hydrogens (primary N) is 1. The summed E-state index contributed by atoms with van der Waals surface area (Å²) < 4.78 is 5.40. The number of hydrogen-bond acceptors (Lipinski definition) is 3. The topological polar surface area (TPSA) is 52.3 Å². The summed E-state index contributed by atoms with van der Waals surface area (Å²) >= 11 is 0. The quantitative estimate of drug-likeness (QED) is 0.544. The van der Waals surface area contributed by atoms with Crippen molar-refractivity contribution in [2.24, 2.45) is 11.1 Å². The third kappa shape index (κ3) is 4.78. The van der Waals surface area contributed by atoms with Crippen molar-refractivity contribution in [3.63, 3.8) is 0 Å². The number of rotatable bonds is 8. The zero-order valence-corrected chi connectivity index (χ0v) is 13.2. The molecule has 0 fully saturated rings. The lowest BCUT2D eigenvalue weighted by molar-refractivity contribution is -0.152. The van der Waals surface area contributed by atoms with Crippen molar-refractivity contribution in [2.75, 3.05) is 6.61 Å². The van der Waals surface area contributed by atoms with E-state index in [0.29, 0.717) is 6.61 Å². The van der Waals surface area contributed by atoms with Gasteiger partial charge in [0.15, 0.2) is 0 Å². The lowest BCUT2D eigenvalue weighted by Gasteiger charge is -2.31. The molecule has 1 rings (SSSR count). The van der Waals surface area contributed by atoms with Gasteiger partial charge in [0.2, 0.25) is 0 Å². The van der Waals surface area contributed by atoms with Gasteiger partial charge in [0.25, 0.3) is 0 Å². The first-order valence-corrected chi connectivity index (χ1v) is 7.81. The summed E-state index contributed by atoms with van der Waals surface area (Å²) in [6.07, 6.45) is 12.9. The molecule has 2 atom stereocenters. The molecule has 0 aliphatic heterocycles. The Hall–Kier alpha value is -1.09. The van der Waals surface area contributed by atoms with Gasteiger partial charge in [0.1, 0.15) is 5.41 Å². The number of allylic oxidation sites excluding steroid dienone is 2. The van der Waals surface area contributed by atoms with Gasteiger partial charge in [-0.05, 0) is 20.3 Å². The van der Waals surface area contributed by atoms with Gasteiger partial charge in [-0.3, -0.25) is 4.79 Å². The fourth-order valence-electron chi connectivity index (χ4n) is 2.33. The fraction of sp³-hybridized carbons (Fsp3) is 0.706. The number of carbonyl (C=O) groups excluding carboxylic acids is 1. The summed E-state index contributed by atoms with van der Waals surface area (Å²) in [4.78, 5) is 12.2. The van der Waals surface area contributed by atoms with Crippen LogP contribution in [-0.4, -0.2) is 18.6 Å². The van der Waals surface area contributed by atoms with Crippen molar-refractivity contribution in [3.05, 3.63) is 23.8 Å². The van der Waals surface area contributed by atoms with Crippen LogP contribution in [0, 0.1) is 5.41 Å². The van der Waals surface area contributed by atoms with Gasteiger partial charge in [-0.2, -0.15) is 0 Å². The van der Waals surface area contributed by atoms with Gasteiger partial charge < -0.3 is 10.5 Å². The van der Waals surface area contributed by atoms with Crippen LogP contribution in [0.5, 0.6) is 0 Å². The zero-order valence-electron chi connectivity index (χ0n) is 13.2. The summed E-state index contributed by atoms with van der Waals surface area (Å²) in [7, 11) is 0. The Morgan fingerprint density at radius 2 is 1.95 bits per heavy atom. The molecule has 0 spiro atoms. The predicted octanol–water partition coefficient (Wildman–Crippen LogP) is 3.74. The average Bonchev–Trinajstić information content (AvgIpc) is 2.42. The average molecular weight is 279 g/mol. The Bertz CT molecular complexity index is 373. The van der Waals surface area contributed by atoms with Crippen LogP contribution in [0.2, 0.25) is 0 Å². The number of ether oxygens (including phenoxy) is 1. The minimum atomic E-state index is -0.721. The maximum absolute atomic E-state index is 12.2. The number of carbonyl (C=O) groups is 1. The summed E-state index contributed by atoms with van der Waals surface area (Å²) in [5.41, 5.74) is 6.44. The van der Waals surface area contributed by atoms with Crippen molar-refractivity contribution in [1.82, 2.24) is 0 Å². The Morgan fingerprint density at radius 3 is 2.60 bits per heavy atom. The Labute approximate surface area is 123 Å². The SMILES string of the molecule is CCCCCCCCOC(=O)C1(C)C=CC(C)=CC1N. The third-order valence-corrected chi connectivity index (χ3v) is 4.00. The minimum Gasteiger partial charge on any atom is -0.465 e. The van der Waals surface area contributed by atoms with Crippen LogP contribution in [-0.2, 0) is 9.53 Å². The summed E-state index contributed by atoms with van der Waals surface area (Å²) in [6, 6.07) is -0.301. The molecule has 0 radical (unpaired) electrons. The highest BCUT2D eigenvalue weighted by Crippen LogP contribution is 2.30. The van der Waals surface area contributed by atoms with E-state index >= 15 is 0 Å². The molecule has 0 amide bonds. The van der Waals surface area contributed by atoms with Crippen molar-refractivity contribution in [3.8, 4) is 0 Å². The zero-order chi connectivity index (χ0) is 15.0. The van der Waals surface area contributed by atoms with Gasteiger partial charge in [-0.25, -0.2) is 0 Å². The predicted molar refractivity (Wildman–Crippen MR) is 83.3 cm³/mol. The van der Waals surface area contributed by atoms with Crippen molar-refractivity contribution in [2.45, 2.75) is 65.3 Å². The van der Waals surface area contributed by atoms with E-state index < -0.39 is 5.41 Å². The molecule has 114 valence electrons. The lowest BCUT2D eigenvalue weighted by atomic mass is 9.78. The van der Waals surface area contributed by atoms with E-state index in [1.807, 2.05) is 32.1 Å². The first kappa shape index (κ1) is 17.0. The highest BCUT2D eigenvalue weighted by atomic mass is 16.5. The monoisotopic (exact) mass is 279 g/mol. The molecule has 0 saturated heterocycles. The summed E-state index contributed by atoms with van der Waals surface area (Å²) in [6.45, 7) is 6.54. The highest BCUT2D eigenvalue weighted by Gasteiger charge is 2.39. The standard InChI is InChI=1S/C17H29NO2/c1-4-5-6-7-8-9-12-20-16(19)17(3)11-10-14(2)13-15(17)18/h10-11,13,15H,4-9,12,18H2,1-3H3. The van der Waals surface area contributed by atoms with Gasteiger partial charge in [0, 0.05) is 6.04 Å². The van der Waals surface area contributed by atoms with Crippen LogP contribution in [0.15, 0.2) is 23.8 Å². The van der Waals surface area contributed by atoms with Gasteiger partial charge in [-0.1, -0.05) is 62.8 Å². The van der Waals surface area contributed by atoms with E-state index in [4.69, 9.17) is 10.5 Å². The van der Waals surface area contributed by atoms with Crippen molar-refractivity contribution < 1.29 is 9.53 Å². The van der Waals surface area contributed by atoms with Crippen molar-refractivity contribution >= 4 is 5.97 Å². The molecule has 0 saturated carbocycles. The van der Waals surface area contributed by atoms with Crippen LogP contribution >= 0.6 is 0 Å². The van der Waals surface area contributed by atoms with Crippen LogP contribution in [0.3, 0.4) is 0 Å². The Kier molecular flexibility index (Phi) is 7.00. The molecule has 0 aromatic carbocycles. The van der Waals surface area contributed by atoms with Crippen molar-refractivity contribution in [1.29, 1.82) is 0 Å². The summed E-state index contributed by atoms with van der Waals surface area (Å²) in [5.74, 6) is -0.210. The Balaban J connectivity index is 2.27. The molecule has 0 aromatic rings. The number of unbranched alkanes of at least 4 members (excludes halogenated alkanes) is 5. The van der Waals surface area contributed by atoms with Crippen LogP contribution in [0.4, 0.5) is 0 Å². The molecule has 0 aromatic heterocycles. The van der Waals surface area contributed by atoms with E-state index in [1.54, 1.807) is 0 Å². The normalized spacial score (nSPS) is 25.4. The molecule has 0 heterocycles. The smallest absolute Gasteiger partial charge is 0.317 e. The molecular weight excluding hydrogens is 250 g/mol. The lowest BCUT2D eigenvalue weighted by Crippen LogP contribution is -2.45. The number of hydrogen-bond donors (Lipinski definition) is 1. The van der Waals surface area contributed by atoms with Gasteiger partial charge in [-0.15, -0.1) is 0 Å². The Morgan fingerprint density at radius 1 is 1.30 bits per heavy atom. The molecule has 2 unspecified atom stereocenters. The second kappa shape index (κ2) is 8.25. The van der Waals surface area contributed by atoms with E-state index in [0.717, 1.165) is 18.4 Å². The van der Waals surface area contributed by atoms with Crippen LogP contribution < -0.4 is 5.73 Å². The van der Waals surface area contributed by atoms with Crippen LogP contribution in [0.1, 0.15) is 59.3 Å². The van der Waals surface area contributed by atoms with E-state index in [2.05, 4.69) is 6.92 Å². The minimum absolute atomic E-state index is 0.210. The maximum Gasteiger partial charge on any atom is 0.317 e. The van der Waals surface area contributed by atoms with E-state index in [9.17, 15) is 4.79 Å². The molecule has 20 heavy (non-hydrogen) atoms. The first-order chi connectivity index (χ1) is 9.50. The molecule has 3 heteroatoms. The second-order valence-electron chi connectivity index (χ2n) is 5.96. The molecule has 1 aliphatic carbocycles. The molecule has 2 N–H and O–H groups in total. The molecular formula is C17H29NO2. The number of esters is 1. The molecule has 0 bridgehead atoms.